The maximum Gasteiger partial charge on any atom is 0.0961 e. The number of pyridine rings is 1. The Labute approximate surface area is 92.4 Å². The Hall–Kier alpha value is -0.290. The summed E-state index contributed by atoms with van der Waals surface area (Å²) >= 11 is 7.29. The predicted octanol–water partition coefficient (Wildman–Crippen LogP) is 1.84. The highest BCUT2D eigenvalue weighted by Gasteiger charge is 1.95. The Morgan fingerprint density at radius 3 is 2.93 bits per heavy atom. The molecule has 0 amide bonds. The van der Waals surface area contributed by atoms with E-state index in [9.17, 15) is 0 Å². The summed E-state index contributed by atoms with van der Waals surface area (Å²) in [4.78, 5) is 4.12. The van der Waals surface area contributed by atoms with Crippen molar-refractivity contribution in [2.45, 2.75) is 5.03 Å². The van der Waals surface area contributed by atoms with Gasteiger partial charge < -0.3 is 9.84 Å². The SMILES string of the molecule is OCCOCCSc1ccc(Cl)cn1. The smallest absolute Gasteiger partial charge is 0.0961 e. The minimum Gasteiger partial charge on any atom is -0.394 e. The fourth-order valence-electron chi connectivity index (χ4n) is 0.819. The molecular formula is C9H12ClNO2S. The predicted molar refractivity (Wildman–Crippen MR) is 57.9 cm³/mol. The molecule has 78 valence electrons. The summed E-state index contributed by atoms with van der Waals surface area (Å²) in [5, 5.41) is 10.0. The first kappa shape index (κ1) is 11.8. The maximum atomic E-state index is 8.45. The molecule has 0 radical (unpaired) electrons. The molecule has 0 saturated carbocycles. The van der Waals surface area contributed by atoms with Crippen LogP contribution >= 0.6 is 23.4 Å². The van der Waals surface area contributed by atoms with Crippen LogP contribution in [0.2, 0.25) is 5.02 Å². The highest BCUT2D eigenvalue weighted by atomic mass is 35.5. The van der Waals surface area contributed by atoms with Crippen molar-refractivity contribution in [3.05, 3.63) is 23.4 Å². The number of aliphatic hydroxyl groups excluding tert-OH is 1. The number of hydrogen-bond acceptors (Lipinski definition) is 4. The van der Waals surface area contributed by atoms with Gasteiger partial charge in [-0.25, -0.2) is 4.98 Å². The number of aromatic nitrogens is 1. The molecule has 0 spiro atoms. The average Bonchev–Trinajstić information content (AvgIpc) is 2.21. The van der Waals surface area contributed by atoms with E-state index in [4.69, 9.17) is 21.4 Å². The Morgan fingerprint density at radius 2 is 2.29 bits per heavy atom. The van der Waals surface area contributed by atoms with E-state index in [-0.39, 0.29) is 6.61 Å². The normalized spacial score (nSPS) is 10.4. The summed E-state index contributed by atoms with van der Waals surface area (Å²) in [7, 11) is 0. The Bertz CT molecular complexity index is 255. The molecule has 3 nitrogen and oxygen atoms in total. The van der Waals surface area contributed by atoms with E-state index in [0.717, 1.165) is 10.8 Å². The van der Waals surface area contributed by atoms with Crippen molar-refractivity contribution >= 4 is 23.4 Å². The molecule has 0 aliphatic heterocycles. The molecule has 5 heteroatoms. The van der Waals surface area contributed by atoms with Crippen LogP contribution in [0.25, 0.3) is 0 Å². The van der Waals surface area contributed by atoms with Crippen molar-refractivity contribution in [1.29, 1.82) is 0 Å². The average molecular weight is 234 g/mol. The van der Waals surface area contributed by atoms with Crippen molar-refractivity contribution in [3.8, 4) is 0 Å². The first-order valence-corrected chi connectivity index (χ1v) is 5.62. The van der Waals surface area contributed by atoms with E-state index in [1.54, 1.807) is 18.0 Å². The molecule has 1 heterocycles. The molecule has 0 aromatic carbocycles. The molecule has 1 aromatic heterocycles. The minimum absolute atomic E-state index is 0.0733. The number of thioether (sulfide) groups is 1. The lowest BCUT2D eigenvalue weighted by Gasteiger charge is -2.01. The number of rotatable bonds is 6. The zero-order valence-corrected chi connectivity index (χ0v) is 9.22. The van der Waals surface area contributed by atoms with E-state index in [2.05, 4.69) is 4.98 Å². The largest absolute Gasteiger partial charge is 0.394 e. The van der Waals surface area contributed by atoms with E-state index in [1.165, 1.54) is 0 Å². The van der Waals surface area contributed by atoms with Crippen LogP contribution in [0, 0.1) is 0 Å². The lowest BCUT2D eigenvalue weighted by atomic mass is 10.5. The fraction of sp³-hybridized carbons (Fsp3) is 0.444. The Kier molecular flexibility index (Phi) is 5.94. The summed E-state index contributed by atoms with van der Waals surface area (Å²) in [5.41, 5.74) is 0. The van der Waals surface area contributed by atoms with Gasteiger partial charge in [-0.05, 0) is 12.1 Å². The summed E-state index contributed by atoms with van der Waals surface area (Å²) in [6, 6.07) is 3.69. The third-order valence-corrected chi connectivity index (χ3v) is 2.55. The minimum atomic E-state index is 0.0733. The van der Waals surface area contributed by atoms with Gasteiger partial charge in [0.05, 0.1) is 29.9 Å². The van der Waals surface area contributed by atoms with Crippen molar-refractivity contribution in [2.75, 3.05) is 25.6 Å². The summed E-state index contributed by atoms with van der Waals surface area (Å²) in [5.74, 6) is 0.828. The van der Waals surface area contributed by atoms with E-state index < -0.39 is 0 Å². The standard InChI is InChI=1S/C9H12ClNO2S/c10-8-1-2-9(11-7-8)14-6-5-13-4-3-12/h1-2,7,12H,3-6H2. The summed E-state index contributed by atoms with van der Waals surface area (Å²) in [6.07, 6.45) is 1.62. The van der Waals surface area contributed by atoms with Gasteiger partial charge in [0.2, 0.25) is 0 Å². The molecule has 0 saturated heterocycles. The van der Waals surface area contributed by atoms with Crippen LogP contribution in [0.5, 0.6) is 0 Å². The van der Waals surface area contributed by atoms with Crippen LogP contribution < -0.4 is 0 Å². The van der Waals surface area contributed by atoms with Crippen LogP contribution in [-0.2, 0) is 4.74 Å². The third kappa shape index (κ3) is 4.81. The molecule has 1 rings (SSSR count). The highest BCUT2D eigenvalue weighted by molar-refractivity contribution is 7.99. The zero-order chi connectivity index (χ0) is 10.2. The Balaban J connectivity index is 2.15. The highest BCUT2D eigenvalue weighted by Crippen LogP contribution is 2.16. The lowest BCUT2D eigenvalue weighted by molar-refractivity contribution is 0.103. The number of nitrogens with zero attached hydrogens (tertiary/aromatic N) is 1. The number of aliphatic hydroxyl groups is 1. The second-order valence-corrected chi connectivity index (χ2v) is 4.05. The topological polar surface area (TPSA) is 42.4 Å². The first-order valence-electron chi connectivity index (χ1n) is 4.26. The maximum absolute atomic E-state index is 8.45. The van der Waals surface area contributed by atoms with Crippen LogP contribution in [-0.4, -0.2) is 35.7 Å². The summed E-state index contributed by atoms with van der Waals surface area (Å²) < 4.78 is 5.10. The zero-order valence-electron chi connectivity index (χ0n) is 7.65. The monoisotopic (exact) mass is 233 g/mol. The second-order valence-electron chi connectivity index (χ2n) is 2.50. The lowest BCUT2D eigenvalue weighted by Crippen LogP contribution is -2.02. The van der Waals surface area contributed by atoms with Gasteiger partial charge in [-0.15, -0.1) is 11.8 Å². The van der Waals surface area contributed by atoms with Gasteiger partial charge in [0, 0.05) is 11.9 Å². The van der Waals surface area contributed by atoms with Crippen molar-refractivity contribution in [1.82, 2.24) is 4.98 Å². The number of halogens is 1. The van der Waals surface area contributed by atoms with E-state index >= 15 is 0 Å². The third-order valence-electron chi connectivity index (χ3n) is 1.41. The van der Waals surface area contributed by atoms with Gasteiger partial charge in [-0.2, -0.15) is 0 Å². The molecule has 1 N–H and O–H groups in total. The van der Waals surface area contributed by atoms with Crippen molar-refractivity contribution in [3.63, 3.8) is 0 Å². The van der Waals surface area contributed by atoms with Crippen LogP contribution in [0.15, 0.2) is 23.4 Å². The second kappa shape index (κ2) is 7.06. The molecule has 0 bridgehead atoms. The van der Waals surface area contributed by atoms with Crippen LogP contribution in [0.4, 0.5) is 0 Å². The molecule has 1 aromatic rings. The van der Waals surface area contributed by atoms with Crippen molar-refractivity contribution < 1.29 is 9.84 Å². The molecule has 0 unspecified atom stereocenters. The van der Waals surface area contributed by atoms with Gasteiger partial charge in [-0.1, -0.05) is 11.6 Å². The molecule has 0 atom stereocenters. The van der Waals surface area contributed by atoms with E-state index in [1.807, 2.05) is 12.1 Å². The van der Waals surface area contributed by atoms with Gasteiger partial charge in [0.25, 0.3) is 0 Å². The van der Waals surface area contributed by atoms with Crippen molar-refractivity contribution in [2.24, 2.45) is 0 Å². The van der Waals surface area contributed by atoms with Crippen LogP contribution in [0.1, 0.15) is 0 Å². The molecule has 0 fully saturated rings. The fourth-order valence-corrected chi connectivity index (χ4v) is 1.63. The van der Waals surface area contributed by atoms with E-state index in [0.29, 0.717) is 18.2 Å². The van der Waals surface area contributed by atoms with Gasteiger partial charge in [-0.3, -0.25) is 0 Å². The first-order chi connectivity index (χ1) is 6.83. The molecule has 14 heavy (non-hydrogen) atoms. The number of hydrogen-bond donors (Lipinski definition) is 1. The van der Waals surface area contributed by atoms with Crippen LogP contribution in [0.3, 0.4) is 0 Å². The molecule has 0 aliphatic rings. The molecular weight excluding hydrogens is 222 g/mol. The molecule has 0 aliphatic carbocycles. The van der Waals surface area contributed by atoms with Gasteiger partial charge in [0.1, 0.15) is 0 Å². The van der Waals surface area contributed by atoms with Gasteiger partial charge >= 0.3 is 0 Å². The summed E-state index contributed by atoms with van der Waals surface area (Å²) in [6.45, 7) is 1.09. The van der Waals surface area contributed by atoms with Gasteiger partial charge in [0.15, 0.2) is 0 Å². The Morgan fingerprint density at radius 1 is 1.43 bits per heavy atom. The quantitative estimate of drug-likeness (QED) is 0.602. The number of ether oxygens (including phenoxy) is 1.